The molecular weight excluding hydrogens is 340 g/mol. The number of aromatic amines is 1. The van der Waals surface area contributed by atoms with Gasteiger partial charge in [0.25, 0.3) is 5.56 Å². The van der Waals surface area contributed by atoms with E-state index in [-0.39, 0.29) is 5.56 Å². The predicted octanol–water partition coefficient (Wildman–Crippen LogP) is 2.72. The van der Waals surface area contributed by atoms with Crippen LogP contribution in [0, 0.1) is 0 Å². The lowest BCUT2D eigenvalue weighted by Crippen LogP contribution is -2.25. The fourth-order valence-electron chi connectivity index (χ4n) is 3.25. The molecule has 0 amide bonds. The average molecular weight is 362 g/mol. The zero-order chi connectivity index (χ0) is 18.5. The van der Waals surface area contributed by atoms with Gasteiger partial charge in [0.05, 0.1) is 12.3 Å². The first-order chi connectivity index (χ1) is 13.3. The third kappa shape index (κ3) is 4.48. The van der Waals surface area contributed by atoms with Crippen molar-refractivity contribution in [2.45, 2.75) is 13.0 Å². The van der Waals surface area contributed by atoms with E-state index in [0.29, 0.717) is 11.5 Å². The van der Waals surface area contributed by atoms with Gasteiger partial charge in [0.1, 0.15) is 5.82 Å². The second-order valence-corrected chi connectivity index (χ2v) is 6.65. The van der Waals surface area contributed by atoms with E-state index in [9.17, 15) is 4.79 Å². The van der Waals surface area contributed by atoms with Crippen LogP contribution in [0.4, 0.5) is 0 Å². The molecule has 1 N–H and O–H groups in total. The quantitative estimate of drug-likeness (QED) is 0.773. The number of benzene rings is 1. The van der Waals surface area contributed by atoms with E-state index in [1.165, 1.54) is 11.6 Å². The molecule has 0 radical (unpaired) electrons. The van der Waals surface area contributed by atoms with E-state index < -0.39 is 0 Å². The largest absolute Gasteiger partial charge is 0.380 e. The van der Waals surface area contributed by atoms with Gasteiger partial charge in [-0.05, 0) is 24.1 Å². The molecular formula is C21H22N4O2. The first-order valence-electron chi connectivity index (χ1n) is 9.19. The fourth-order valence-corrected chi connectivity index (χ4v) is 3.25. The van der Waals surface area contributed by atoms with Gasteiger partial charge < -0.3 is 9.72 Å². The third-order valence-corrected chi connectivity index (χ3v) is 4.67. The Morgan fingerprint density at radius 1 is 1.00 bits per heavy atom. The van der Waals surface area contributed by atoms with Crippen molar-refractivity contribution in [2.24, 2.45) is 0 Å². The molecule has 0 aliphatic carbocycles. The van der Waals surface area contributed by atoms with Crippen molar-refractivity contribution in [3.05, 3.63) is 70.8 Å². The molecule has 1 aromatic carbocycles. The molecule has 1 aliphatic rings. The normalized spacial score (nSPS) is 15.4. The summed E-state index contributed by atoms with van der Waals surface area (Å²) in [5.41, 5.74) is 3.49. The minimum Gasteiger partial charge on any atom is -0.380 e. The summed E-state index contributed by atoms with van der Waals surface area (Å²) in [6, 6.07) is 13.4. The summed E-state index contributed by atoms with van der Waals surface area (Å²) in [5, 5.41) is 0. The molecule has 6 nitrogen and oxygen atoms in total. The van der Waals surface area contributed by atoms with Crippen LogP contribution in [0.1, 0.15) is 12.0 Å². The third-order valence-electron chi connectivity index (χ3n) is 4.67. The van der Waals surface area contributed by atoms with E-state index in [1.807, 2.05) is 24.3 Å². The maximum atomic E-state index is 12.1. The van der Waals surface area contributed by atoms with Gasteiger partial charge in [-0.15, -0.1) is 0 Å². The van der Waals surface area contributed by atoms with Crippen molar-refractivity contribution in [1.29, 1.82) is 0 Å². The molecule has 0 atom stereocenters. The maximum Gasteiger partial charge on any atom is 0.251 e. The monoisotopic (exact) mass is 362 g/mol. The molecule has 0 bridgehead atoms. The van der Waals surface area contributed by atoms with Crippen molar-refractivity contribution < 1.29 is 4.74 Å². The molecule has 138 valence electrons. The smallest absolute Gasteiger partial charge is 0.251 e. The highest BCUT2D eigenvalue weighted by Crippen LogP contribution is 2.20. The van der Waals surface area contributed by atoms with E-state index in [4.69, 9.17) is 4.74 Å². The molecule has 2 aromatic heterocycles. The van der Waals surface area contributed by atoms with Crippen LogP contribution in [0.5, 0.6) is 0 Å². The fraction of sp³-hybridized carbons (Fsp3) is 0.286. The zero-order valence-electron chi connectivity index (χ0n) is 15.1. The zero-order valence-corrected chi connectivity index (χ0v) is 15.1. The highest BCUT2D eigenvalue weighted by atomic mass is 16.5. The van der Waals surface area contributed by atoms with Gasteiger partial charge in [0, 0.05) is 55.8 Å². The van der Waals surface area contributed by atoms with Crippen molar-refractivity contribution in [2.75, 3.05) is 26.3 Å². The summed E-state index contributed by atoms with van der Waals surface area (Å²) in [6.07, 6.45) is 4.46. The first kappa shape index (κ1) is 17.6. The predicted molar refractivity (Wildman–Crippen MR) is 104 cm³/mol. The summed E-state index contributed by atoms with van der Waals surface area (Å²) in [7, 11) is 0. The Bertz CT molecular complexity index is 930. The number of hydrogen-bond acceptors (Lipinski definition) is 5. The molecule has 4 rings (SSSR count). The minimum atomic E-state index is -0.166. The number of nitrogens with zero attached hydrogens (tertiary/aromatic N) is 3. The molecule has 1 aliphatic heterocycles. The molecule has 0 saturated carbocycles. The molecule has 3 aromatic rings. The Labute approximate surface area is 157 Å². The highest BCUT2D eigenvalue weighted by molar-refractivity contribution is 5.63. The number of H-pyrrole nitrogens is 1. The number of hydrogen-bond donors (Lipinski definition) is 1. The highest BCUT2D eigenvalue weighted by Gasteiger charge is 2.10. The van der Waals surface area contributed by atoms with Gasteiger partial charge in [0.15, 0.2) is 0 Å². The summed E-state index contributed by atoms with van der Waals surface area (Å²) in [6.45, 7) is 4.58. The van der Waals surface area contributed by atoms with Crippen molar-refractivity contribution in [1.82, 2.24) is 19.9 Å². The molecule has 3 heterocycles. The lowest BCUT2D eigenvalue weighted by molar-refractivity contribution is 0.140. The number of nitrogens with one attached hydrogen (secondary N) is 1. The van der Waals surface area contributed by atoms with Crippen LogP contribution in [0.25, 0.3) is 22.6 Å². The van der Waals surface area contributed by atoms with Gasteiger partial charge in [-0.1, -0.05) is 24.3 Å². The van der Waals surface area contributed by atoms with Crippen LogP contribution in [0.3, 0.4) is 0 Å². The lowest BCUT2D eigenvalue weighted by Gasteiger charge is -2.19. The summed E-state index contributed by atoms with van der Waals surface area (Å²) < 4.78 is 5.51. The number of rotatable bonds is 4. The van der Waals surface area contributed by atoms with Gasteiger partial charge in [-0.3, -0.25) is 14.7 Å². The Morgan fingerprint density at radius 3 is 2.63 bits per heavy atom. The minimum absolute atomic E-state index is 0.166. The van der Waals surface area contributed by atoms with Crippen LogP contribution in [-0.4, -0.2) is 46.2 Å². The molecule has 0 spiro atoms. The van der Waals surface area contributed by atoms with E-state index in [1.54, 1.807) is 12.4 Å². The average Bonchev–Trinajstić information content (AvgIpc) is 2.97. The number of aromatic nitrogens is 3. The Kier molecular flexibility index (Phi) is 5.37. The number of pyridine rings is 1. The van der Waals surface area contributed by atoms with E-state index in [2.05, 4.69) is 32.0 Å². The molecule has 1 saturated heterocycles. The summed E-state index contributed by atoms with van der Waals surface area (Å²) >= 11 is 0. The topological polar surface area (TPSA) is 71.1 Å². The molecule has 6 heteroatoms. The standard InChI is InChI=1S/C21H22N4O2/c26-20-14-19(17-6-8-22-9-7-17)23-21(24-20)18-4-2-16(3-5-18)15-25-10-1-12-27-13-11-25/h2-9,14H,1,10-13,15H2,(H,23,24,26). The van der Waals surface area contributed by atoms with Crippen LogP contribution in [-0.2, 0) is 11.3 Å². The Balaban J connectivity index is 1.55. The van der Waals surface area contributed by atoms with Crippen LogP contribution in [0.15, 0.2) is 59.7 Å². The van der Waals surface area contributed by atoms with Crippen LogP contribution >= 0.6 is 0 Å². The lowest BCUT2D eigenvalue weighted by atomic mass is 10.1. The van der Waals surface area contributed by atoms with E-state index in [0.717, 1.165) is 50.4 Å². The molecule has 0 unspecified atom stereocenters. The Morgan fingerprint density at radius 2 is 1.81 bits per heavy atom. The molecule has 27 heavy (non-hydrogen) atoms. The van der Waals surface area contributed by atoms with Crippen LogP contribution in [0.2, 0.25) is 0 Å². The van der Waals surface area contributed by atoms with Gasteiger partial charge >= 0.3 is 0 Å². The second kappa shape index (κ2) is 8.24. The maximum absolute atomic E-state index is 12.1. The second-order valence-electron chi connectivity index (χ2n) is 6.65. The number of ether oxygens (including phenoxy) is 1. The van der Waals surface area contributed by atoms with E-state index >= 15 is 0 Å². The van der Waals surface area contributed by atoms with Crippen molar-refractivity contribution in [3.63, 3.8) is 0 Å². The van der Waals surface area contributed by atoms with Crippen molar-refractivity contribution >= 4 is 0 Å². The first-order valence-corrected chi connectivity index (χ1v) is 9.19. The van der Waals surface area contributed by atoms with Gasteiger partial charge in [-0.2, -0.15) is 0 Å². The van der Waals surface area contributed by atoms with Gasteiger partial charge in [0.2, 0.25) is 0 Å². The van der Waals surface area contributed by atoms with Crippen LogP contribution < -0.4 is 5.56 Å². The summed E-state index contributed by atoms with van der Waals surface area (Å²) in [4.78, 5) is 26.0. The van der Waals surface area contributed by atoms with Crippen molar-refractivity contribution in [3.8, 4) is 22.6 Å². The Hall–Kier alpha value is -2.83. The SMILES string of the molecule is O=c1cc(-c2ccncc2)nc(-c2ccc(CN3CCCOCC3)cc2)[nH]1. The summed E-state index contributed by atoms with van der Waals surface area (Å²) in [5.74, 6) is 0.573. The molecule has 1 fully saturated rings. The van der Waals surface area contributed by atoms with Gasteiger partial charge in [-0.25, -0.2) is 4.98 Å².